The summed E-state index contributed by atoms with van der Waals surface area (Å²) >= 11 is 0. The second-order valence-electron chi connectivity index (χ2n) is 3.91. The highest BCUT2D eigenvalue weighted by Gasteiger charge is 2.11. The molecule has 0 amide bonds. The number of carboxylic acids is 1. The van der Waals surface area contributed by atoms with E-state index in [1.165, 1.54) is 0 Å². The first-order valence-electron chi connectivity index (χ1n) is 5.88. The Labute approximate surface area is 106 Å². The minimum atomic E-state index is -0.810. The Morgan fingerprint density at radius 2 is 2.39 bits per heavy atom. The minimum Gasteiger partial charge on any atom is -0.489 e. The molecule has 0 aromatic carbocycles. The summed E-state index contributed by atoms with van der Waals surface area (Å²) in [6.45, 7) is 0. The molecule has 0 fully saturated rings. The fourth-order valence-electron chi connectivity index (χ4n) is 1.58. The fourth-order valence-corrected chi connectivity index (χ4v) is 1.58. The number of nitriles is 1. The Bertz CT molecular complexity index is 400. The van der Waals surface area contributed by atoms with Crippen molar-refractivity contribution in [3.05, 3.63) is 24.5 Å². The van der Waals surface area contributed by atoms with Gasteiger partial charge in [0, 0.05) is 19.0 Å². The number of hydrogen-bond acceptors (Lipinski definition) is 4. The lowest BCUT2D eigenvalue weighted by molar-refractivity contribution is -0.137. The summed E-state index contributed by atoms with van der Waals surface area (Å²) in [7, 11) is 0. The van der Waals surface area contributed by atoms with Crippen LogP contribution in [0.1, 0.15) is 32.1 Å². The molecule has 0 radical (unpaired) electrons. The summed E-state index contributed by atoms with van der Waals surface area (Å²) in [5.74, 6) is -0.161. The van der Waals surface area contributed by atoms with E-state index in [1.807, 2.05) is 0 Å². The number of aliphatic carboxylic acids is 1. The van der Waals surface area contributed by atoms with Gasteiger partial charge in [0.15, 0.2) is 0 Å². The Morgan fingerprint density at radius 1 is 1.56 bits per heavy atom. The maximum Gasteiger partial charge on any atom is 0.303 e. The van der Waals surface area contributed by atoms with E-state index < -0.39 is 5.97 Å². The van der Waals surface area contributed by atoms with Gasteiger partial charge in [0.2, 0.25) is 0 Å². The number of ether oxygens (including phenoxy) is 1. The number of carbonyl (C=O) groups is 1. The van der Waals surface area contributed by atoms with Crippen LogP contribution in [0, 0.1) is 11.3 Å². The monoisotopic (exact) mass is 248 g/mol. The van der Waals surface area contributed by atoms with E-state index in [0.717, 1.165) is 0 Å². The molecule has 1 aromatic heterocycles. The quantitative estimate of drug-likeness (QED) is 0.763. The average molecular weight is 248 g/mol. The van der Waals surface area contributed by atoms with Crippen LogP contribution >= 0.6 is 0 Å². The van der Waals surface area contributed by atoms with E-state index in [4.69, 9.17) is 15.1 Å². The average Bonchev–Trinajstić information content (AvgIpc) is 2.36. The normalized spacial score (nSPS) is 11.5. The van der Waals surface area contributed by atoms with Crippen LogP contribution in [-0.2, 0) is 4.79 Å². The van der Waals surface area contributed by atoms with E-state index in [0.29, 0.717) is 31.4 Å². The first-order valence-corrected chi connectivity index (χ1v) is 5.88. The molecule has 0 saturated heterocycles. The van der Waals surface area contributed by atoms with Crippen molar-refractivity contribution in [2.75, 3.05) is 0 Å². The van der Waals surface area contributed by atoms with Crippen molar-refractivity contribution in [2.45, 2.75) is 38.2 Å². The highest BCUT2D eigenvalue weighted by Crippen LogP contribution is 2.16. The smallest absolute Gasteiger partial charge is 0.303 e. The van der Waals surface area contributed by atoms with Crippen molar-refractivity contribution >= 4 is 5.97 Å². The Balaban J connectivity index is 2.45. The van der Waals surface area contributed by atoms with Gasteiger partial charge < -0.3 is 9.84 Å². The molecule has 0 spiro atoms. The number of hydrogen-bond donors (Lipinski definition) is 1. The fraction of sp³-hybridized carbons (Fsp3) is 0.462. The third kappa shape index (κ3) is 5.85. The number of nitrogens with zero attached hydrogens (tertiary/aromatic N) is 2. The van der Waals surface area contributed by atoms with Gasteiger partial charge in [-0.2, -0.15) is 5.26 Å². The summed E-state index contributed by atoms with van der Waals surface area (Å²) in [6.07, 6.45) is 5.43. The Morgan fingerprint density at radius 3 is 3.00 bits per heavy atom. The van der Waals surface area contributed by atoms with Crippen molar-refractivity contribution in [1.29, 1.82) is 5.26 Å². The molecule has 0 bridgehead atoms. The van der Waals surface area contributed by atoms with Gasteiger partial charge in [0.05, 0.1) is 18.4 Å². The van der Waals surface area contributed by atoms with Gasteiger partial charge in [-0.1, -0.05) is 0 Å². The summed E-state index contributed by atoms with van der Waals surface area (Å²) < 4.78 is 5.69. The molecule has 1 atom stereocenters. The van der Waals surface area contributed by atoms with Crippen LogP contribution in [0.25, 0.3) is 0 Å². The molecular formula is C13H16N2O3. The molecule has 1 aromatic rings. The maximum atomic E-state index is 10.4. The number of carboxylic acid groups (broad SMARTS) is 1. The molecule has 1 rings (SSSR count). The lowest BCUT2D eigenvalue weighted by atomic mass is 10.1. The zero-order chi connectivity index (χ0) is 13.2. The van der Waals surface area contributed by atoms with Crippen molar-refractivity contribution < 1.29 is 14.6 Å². The van der Waals surface area contributed by atoms with Crippen molar-refractivity contribution in [3.63, 3.8) is 0 Å². The molecular weight excluding hydrogens is 232 g/mol. The molecule has 96 valence electrons. The number of pyridine rings is 1. The molecule has 0 saturated carbocycles. The Hall–Kier alpha value is -2.09. The van der Waals surface area contributed by atoms with Crippen LogP contribution in [-0.4, -0.2) is 22.2 Å². The molecule has 0 aliphatic rings. The molecule has 1 heterocycles. The number of rotatable bonds is 8. The lowest BCUT2D eigenvalue weighted by Crippen LogP contribution is -2.17. The van der Waals surface area contributed by atoms with E-state index in [2.05, 4.69) is 11.1 Å². The van der Waals surface area contributed by atoms with E-state index >= 15 is 0 Å². The van der Waals surface area contributed by atoms with Crippen LogP contribution in [0.3, 0.4) is 0 Å². The highest BCUT2D eigenvalue weighted by molar-refractivity contribution is 5.66. The van der Waals surface area contributed by atoms with E-state index in [1.54, 1.807) is 24.5 Å². The second-order valence-corrected chi connectivity index (χ2v) is 3.91. The first-order chi connectivity index (χ1) is 8.72. The van der Waals surface area contributed by atoms with Gasteiger partial charge in [-0.25, -0.2) is 0 Å². The third-order valence-electron chi connectivity index (χ3n) is 2.43. The van der Waals surface area contributed by atoms with Gasteiger partial charge in [-0.3, -0.25) is 9.78 Å². The molecule has 1 N–H and O–H groups in total. The van der Waals surface area contributed by atoms with Crippen molar-refractivity contribution in [3.8, 4) is 11.8 Å². The summed E-state index contributed by atoms with van der Waals surface area (Å²) in [5.41, 5.74) is 0. The number of aromatic nitrogens is 1. The predicted molar refractivity (Wildman–Crippen MR) is 65.0 cm³/mol. The van der Waals surface area contributed by atoms with Crippen LogP contribution in [0.4, 0.5) is 0 Å². The van der Waals surface area contributed by atoms with Gasteiger partial charge in [-0.15, -0.1) is 0 Å². The van der Waals surface area contributed by atoms with Gasteiger partial charge in [0.1, 0.15) is 5.75 Å². The zero-order valence-electron chi connectivity index (χ0n) is 10.1. The topological polar surface area (TPSA) is 83.2 Å². The van der Waals surface area contributed by atoms with Crippen LogP contribution in [0.2, 0.25) is 0 Å². The standard InChI is InChI=1S/C13H16N2O3/c14-8-2-5-11(4-1-7-13(16)17)18-12-6-3-9-15-10-12/h3,6,9-11H,1-2,4-5,7H2,(H,16,17). The van der Waals surface area contributed by atoms with E-state index in [9.17, 15) is 4.79 Å². The Kier molecular flexibility index (Phi) is 6.26. The predicted octanol–water partition coefficient (Wildman–Crippen LogP) is 2.39. The van der Waals surface area contributed by atoms with Gasteiger partial charge in [0.25, 0.3) is 0 Å². The highest BCUT2D eigenvalue weighted by atomic mass is 16.5. The molecule has 0 aliphatic carbocycles. The van der Waals surface area contributed by atoms with Crippen LogP contribution in [0.15, 0.2) is 24.5 Å². The van der Waals surface area contributed by atoms with Crippen LogP contribution < -0.4 is 4.74 Å². The second kappa shape index (κ2) is 8.07. The van der Waals surface area contributed by atoms with Gasteiger partial charge in [-0.05, 0) is 31.4 Å². The molecule has 5 nitrogen and oxygen atoms in total. The lowest BCUT2D eigenvalue weighted by Gasteiger charge is -2.17. The molecule has 18 heavy (non-hydrogen) atoms. The van der Waals surface area contributed by atoms with Crippen molar-refractivity contribution in [2.24, 2.45) is 0 Å². The molecule has 0 aliphatic heterocycles. The zero-order valence-corrected chi connectivity index (χ0v) is 10.1. The van der Waals surface area contributed by atoms with Crippen LogP contribution in [0.5, 0.6) is 5.75 Å². The summed E-state index contributed by atoms with van der Waals surface area (Å²) in [5, 5.41) is 17.2. The SMILES string of the molecule is N#CCCC(CCCC(=O)O)Oc1cccnc1. The largest absolute Gasteiger partial charge is 0.489 e. The third-order valence-corrected chi connectivity index (χ3v) is 2.43. The van der Waals surface area contributed by atoms with Crippen molar-refractivity contribution in [1.82, 2.24) is 4.98 Å². The first kappa shape index (κ1) is 14.0. The van der Waals surface area contributed by atoms with Gasteiger partial charge >= 0.3 is 5.97 Å². The van der Waals surface area contributed by atoms with E-state index in [-0.39, 0.29) is 12.5 Å². The maximum absolute atomic E-state index is 10.4. The molecule has 1 unspecified atom stereocenters. The minimum absolute atomic E-state index is 0.124. The molecule has 5 heteroatoms. The summed E-state index contributed by atoms with van der Waals surface area (Å²) in [4.78, 5) is 14.4. The summed E-state index contributed by atoms with van der Waals surface area (Å²) in [6, 6.07) is 5.64.